The maximum atomic E-state index is 12.7. The van der Waals surface area contributed by atoms with Crippen molar-refractivity contribution in [2.45, 2.75) is 0 Å². The fourth-order valence-corrected chi connectivity index (χ4v) is 3.45. The number of carbonyl (C=O) groups is 2. The Morgan fingerprint density at radius 3 is 2.66 bits per heavy atom. The van der Waals surface area contributed by atoms with Gasteiger partial charge in [-0.2, -0.15) is 0 Å². The van der Waals surface area contributed by atoms with Gasteiger partial charge >= 0.3 is 5.97 Å². The summed E-state index contributed by atoms with van der Waals surface area (Å²) in [5, 5.41) is 23.9. The van der Waals surface area contributed by atoms with Gasteiger partial charge in [-0.3, -0.25) is 14.9 Å². The molecule has 0 unspecified atom stereocenters. The number of anilines is 1. The number of nitrogens with zero attached hydrogens (tertiary/aromatic N) is 2. The number of hydrogen-bond acceptors (Lipinski definition) is 8. The Morgan fingerprint density at radius 1 is 1.28 bits per heavy atom. The Kier molecular flexibility index (Phi) is 7.18. The Labute approximate surface area is 192 Å². The van der Waals surface area contributed by atoms with Crippen LogP contribution in [0.15, 0.2) is 47.7 Å². The lowest BCUT2D eigenvalue weighted by molar-refractivity contribution is -0.384. The Morgan fingerprint density at radius 2 is 2.03 bits per heavy atom. The standard InChI is InChI=1S/C20H17Cl2N3O7/c1-31-20(28)15-10-24(4-5-26)19(27)18(15)23-12-7-13(25(29)30)9-14(8-12)32-17-3-2-11(21)6-16(17)22/h2-3,6-9,23,26H,4-5,10H2,1H3. The van der Waals surface area contributed by atoms with E-state index in [0.29, 0.717) is 5.02 Å². The van der Waals surface area contributed by atoms with E-state index >= 15 is 0 Å². The van der Waals surface area contributed by atoms with Crippen molar-refractivity contribution in [3.8, 4) is 11.5 Å². The smallest absolute Gasteiger partial charge is 0.337 e. The molecule has 0 atom stereocenters. The van der Waals surface area contributed by atoms with Gasteiger partial charge in [-0.25, -0.2) is 4.79 Å². The number of rotatable bonds is 8. The highest BCUT2D eigenvalue weighted by Crippen LogP contribution is 2.35. The van der Waals surface area contributed by atoms with Gasteiger partial charge in [-0.05, 0) is 18.2 Å². The minimum atomic E-state index is -0.740. The van der Waals surface area contributed by atoms with Crippen LogP contribution in [0.5, 0.6) is 11.5 Å². The van der Waals surface area contributed by atoms with E-state index in [1.54, 1.807) is 6.07 Å². The number of nitrogens with one attached hydrogen (secondary N) is 1. The molecule has 1 aliphatic rings. The number of non-ortho nitro benzene ring substituents is 1. The van der Waals surface area contributed by atoms with Crippen molar-refractivity contribution in [3.05, 3.63) is 67.8 Å². The number of ether oxygens (including phenoxy) is 2. The number of aliphatic hydroxyl groups is 1. The summed E-state index contributed by atoms with van der Waals surface area (Å²) in [5.74, 6) is -1.03. The predicted molar refractivity (Wildman–Crippen MR) is 116 cm³/mol. The molecule has 0 spiro atoms. The van der Waals surface area contributed by atoms with Crippen molar-refractivity contribution >= 4 is 46.5 Å². The molecule has 32 heavy (non-hydrogen) atoms. The minimum Gasteiger partial charge on any atom is -0.466 e. The molecule has 10 nitrogen and oxygen atoms in total. The molecule has 2 aromatic rings. The summed E-state index contributed by atoms with van der Waals surface area (Å²) in [5.41, 5.74) is -0.287. The third-order valence-corrected chi connectivity index (χ3v) is 4.98. The van der Waals surface area contributed by atoms with Crippen molar-refractivity contribution in [3.63, 3.8) is 0 Å². The van der Waals surface area contributed by atoms with E-state index in [1.807, 2.05) is 0 Å². The first kappa shape index (κ1) is 23.3. The third kappa shape index (κ3) is 5.10. The molecule has 0 radical (unpaired) electrons. The van der Waals surface area contributed by atoms with Crippen LogP contribution >= 0.6 is 23.2 Å². The van der Waals surface area contributed by atoms with Crippen molar-refractivity contribution in [1.82, 2.24) is 4.90 Å². The lowest BCUT2D eigenvalue weighted by Crippen LogP contribution is -2.31. The summed E-state index contributed by atoms with van der Waals surface area (Å²) in [6.07, 6.45) is 0. The Bertz CT molecular complexity index is 1120. The lowest BCUT2D eigenvalue weighted by Gasteiger charge is -2.15. The van der Waals surface area contributed by atoms with Gasteiger partial charge in [0.05, 0.1) is 41.8 Å². The molecule has 0 saturated heterocycles. The SMILES string of the molecule is COC(=O)C1=C(Nc2cc(Oc3ccc(Cl)cc3Cl)cc([N+](=O)[O-])c2)C(=O)N(CCO)C1. The molecule has 2 aromatic carbocycles. The number of halogens is 2. The largest absolute Gasteiger partial charge is 0.466 e. The zero-order valence-electron chi connectivity index (χ0n) is 16.6. The van der Waals surface area contributed by atoms with Gasteiger partial charge in [-0.1, -0.05) is 23.2 Å². The summed E-state index contributed by atoms with van der Waals surface area (Å²) in [7, 11) is 1.17. The minimum absolute atomic E-state index is 0.00285. The van der Waals surface area contributed by atoms with Crippen LogP contribution in [0.25, 0.3) is 0 Å². The molecular weight excluding hydrogens is 465 g/mol. The van der Waals surface area contributed by atoms with Crippen LogP contribution in [0.2, 0.25) is 10.0 Å². The highest BCUT2D eigenvalue weighted by Gasteiger charge is 2.34. The van der Waals surface area contributed by atoms with Crippen LogP contribution in [0.1, 0.15) is 0 Å². The predicted octanol–water partition coefficient (Wildman–Crippen LogP) is 3.37. The average Bonchev–Trinajstić information content (AvgIpc) is 3.05. The normalized spacial score (nSPS) is 13.4. The number of amides is 1. The number of nitro benzene ring substituents is 1. The Hall–Kier alpha value is -3.34. The molecule has 1 aliphatic heterocycles. The molecule has 12 heteroatoms. The van der Waals surface area contributed by atoms with Gasteiger partial charge < -0.3 is 24.8 Å². The molecule has 0 saturated carbocycles. The zero-order valence-corrected chi connectivity index (χ0v) is 18.1. The second-order valence-corrected chi connectivity index (χ2v) is 7.41. The molecule has 0 fully saturated rings. The van der Waals surface area contributed by atoms with Gasteiger partial charge in [0.15, 0.2) is 0 Å². The number of carbonyl (C=O) groups excluding carboxylic acids is 2. The van der Waals surface area contributed by atoms with Crippen LogP contribution in [0, 0.1) is 10.1 Å². The van der Waals surface area contributed by atoms with Gasteiger partial charge in [0, 0.05) is 29.4 Å². The maximum Gasteiger partial charge on any atom is 0.337 e. The van der Waals surface area contributed by atoms with Gasteiger partial charge in [0.2, 0.25) is 0 Å². The quantitative estimate of drug-likeness (QED) is 0.333. The monoisotopic (exact) mass is 481 g/mol. The summed E-state index contributed by atoms with van der Waals surface area (Å²) >= 11 is 12.0. The highest BCUT2D eigenvalue weighted by atomic mass is 35.5. The van der Waals surface area contributed by atoms with Gasteiger partial charge in [0.1, 0.15) is 17.2 Å². The topological polar surface area (TPSA) is 131 Å². The van der Waals surface area contributed by atoms with Gasteiger partial charge in [0.25, 0.3) is 11.6 Å². The molecule has 0 aromatic heterocycles. The zero-order chi connectivity index (χ0) is 23.4. The molecular formula is C20H17Cl2N3O7. The van der Waals surface area contributed by atoms with Crippen molar-refractivity contribution in [2.75, 3.05) is 32.1 Å². The first-order chi connectivity index (χ1) is 15.2. The first-order valence-corrected chi connectivity index (χ1v) is 9.90. The average molecular weight is 482 g/mol. The van der Waals surface area contributed by atoms with Crippen molar-refractivity contribution < 1.29 is 29.1 Å². The maximum absolute atomic E-state index is 12.7. The fourth-order valence-electron chi connectivity index (χ4n) is 3.00. The number of aliphatic hydroxyl groups excluding tert-OH is 1. The molecule has 0 aliphatic carbocycles. The Balaban J connectivity index is 1.98. The number of methoxy groups -OCH3 is 1. The van der Waals surface area contributed by atoms with E-state index < -0.39 is 16.8 Å². The second kappa shape index (κ2) is 9.86. The highest BCUT2D eigenvalue weighted by molar-refractivity contribution is 6.35. The molecule has 1 amide bonds. The van der Waals surface area contributed by atoms with E-state index in [9.17, 15) is 19.7 Å². The van der Waals surface area contributed by atoms with Crippen LogP contribution in [0.4, 0.5) is 11.4 Å². The van der Waals surface area contributed by atoms with E-state index in [1.165, 1.54) is 42.3 Å². The third-order valence-electron chi connectivity index (χ3n) is 4.45. The molecule has 2 N–H and O–H groups in total. The van der Waals surface area contributed by atoms with Crippen LogP contribution in [-0.4, -0.2) is 53.6 Å². The number of benzene rings is 2. The van der Waals surface area contributed by atoms with E-state index in [2.05, 4.69) is 5.32 Å². The lowest BCUT2D eigenvalue weighted by atomic mass is 10.2. The number of esters is 1. The number of β-amino-alcohol motifs (C(OH)–C–C–N with tert-alkyl or cyclic N) is 1. The fraction of sp³-hybridized carbons (Fsp3) is 0.200. The number of nitro groups is 1. The first-order valence-electron chi connectivity index (χ1n) is 9.14. The van der Waals surface area contributed by atoms with Crippen LogP contribution in [0.3, 0.4) is 0 Å². The number of hydrogen-bond donors (Lipinski definition) is 2. The molecule has 1 heterocycles. The summed E-state index contributed by atoms with van der Waals surface area (Å²) in [6, 6.07) is 8.26. The van der Waals surface area contributed by atoms with E-state index in [-0.39, 0.29) is 58.9 Å². The van der Waals surface area contributed by atoms with Crippen LogP contribution < -0.4 is 10.1 Å². The summed E-state index contributed by atoms with van der Waals surface area (Å²) < 4.78 is 10.4. The second-order valence-electron chi connectivity index (χ2n) is 6.57. The van der Waals surface area contributed by atoms with Gasteiger partial charge in [-0.15, -0.1) is 0 Å². The summed E-state index contributed by atoms with van der Waals surface area (Å²) in [4.78, 5) is 36.9. The van der Waals surface area contributed by atoms with Crippen molar-refractivity contribution in [1.29, 1.82) is 0 Å². The van der Waals surface area contributed by atoms with E-state index in [4.69, 9.17) is 37.8 Å². The molecule has 168 valence electrons. The molecule has 0 bridgehead atoms. The molecule has 3 rings (SSSR count). The summed E-state index contributed by atoms with van der Waals surface area (Å²) in [6.45, 7) is -0.375. The van der Waals surface area contributed by atoms with Crippen molar-refractivity contribution in [2.24, 2.45) is 0 Å². The van der Waals surface area contributed by atoms with E-state index in [0.717, 1.165) is 0 Å². The van der Waals surface area contributed by atoms with Crippen LogP contribution in [-0.2, 0) is 14.3 Å².